The lowest BCUT2D eigenvalue weighted by Crippen LogP contribution is -2.29. The number of nitrogens with one attached hydrogen (secondary N) is 4. The first-order valence-electron chi connectivity index (χ1n) is 11.4. The van der Waals surface area contributed by atoms with Crippen LogP contribution in [-0.2, 0) is 4.79 Å². The highest BCUT2D eigenvalue weighted by atomic mass is 35.5. The number of urea groups is 1. The van der Waals surface area contributed by atoms with Gasteiger partial charge in [0.2, 0.25) is 5.91 Å². The van der Waals surface area contributed by atoms with Crippen LogP contribution in [0.2, 0.25) is 5.02 Å². The fourth-order valence-electron chi connectivity index (χ4n) is 3.87. The van der Waals surface area contributed by atoms with E-state index in [0.29, 0.717) is 46.4 Å². The lowest BCUT2D eigenvalue weighted by atomic mass is 10.1. The van der Waals surface area contributed by atoms with Gasteiger partial charge < -0.3 is 20.9 Å². The van der Waals surface area contributed by atoms with Crippen molar-refractivity contribution in [2.75, 3.05) is 11.9 Å². The van der Waals surface area contributed by atoms with Gasteiger partial charge in [0.15, 0.2) is 0 Å². The smallest absolute Gasteiger partial charge is 0.319 e. The molecular formula is C25H22ClN9O2. The number of amides is 3. The summed E-state index contributed by atoms with van der Waals surface area (Å²) in [5.74, 6) is 0.269. The maximum absolute atomic E-state index is 12.9. The Balaban J connectivity index is 1.39. The Morgan fingerprint density at radius 3 is 2.95 bits per heavy atom. The molecule has 0 spiro atoms. The lowest BCUT2D eigenvalue weighted by Gasteiger charge is -2.14. The van der Waals surface area contributed by atoms with Gasteiger partial charge in [0.05, 0.1) is 29.3 Å². The molecule has 0 aliphatic carbocycles. The largest absolute Gasteiger partial charge is 0.342 e. The zero-order chi connectivity index (χ0) is 25.6. The average Bonchev–Trinajstić information content (AvgIpc) is 3.60. The predicted molar refractivity (Wildman–Crippen MR) is 139 cm³/mol. The number of hydrogen-bond acceptors (Lipinski definition) is 6. The second-order valence-electron chi connectivity index (χ2n) is 8.12. The van der Waals surface area contributed by atoms with E-state index in [9.17, 15) is 9.59 Å². The molecule has 1 aliphatic heterocycles. The zero-order valence-electron chi connectivity index (χ0n) is 19.4. The van der Waals surface area contributed by atoms with Crippen LogP contribution in [0.3, 0.4) is 0 Å². The third-order valence-electron chi connectivity index (χ3n) is 5.63. The molecule has 0 saturated carbocycles. The molecule has 0 saturated heterocycles. The topological polar surface area (TPSA) is 143 Å². The summed E-state index contributed by atoms with van der Waals surface area (Å²) in [7, 11) is 0. The number of aromatic amines is 1. The van der Waals surface area contributed by atoms with Crippen LogP contribution >= 0.6 is 11.6 Å². The molecule has 1 aliphatic rings. The molecule has 3 heterocycles. The Morgan fingerprint density at radius 1 is 1.19 bits per heavy atom. The molecule has 2 aromatic heterocycles. The van der Waals surface area contributed by atoms with Crippen molar-refractivity contribution in [3.63, 3.8) is 0 Å². The van der Waals surface area contributed by atoms with Crippen LogP contribution in [0.25, 0.3) is 23.0 Å². The fourth-order valence-corrected chi connectivity index (χ4v) is 4.06. The Hall–Kier alpha value is -4.77. The van der Waals surface area contributed by atoms with Gasteiger partial charge in [0.25, 0.3) is 0 Å². The number of benzene rings is 2. The summed E-state index contributed by atoms with van der Waals surface area (Å²) in [5.41, 5.74) is 3.49. The highest BCUT2D eigenvalue weighted by molar-refractivity contribution is 6.30. The van der Waals surface area contributed by atoms with Crippen molar-refractivity contribution in [1.82, 2.24) is 40.8 Å². The molecule has 0 unspecified atom stereocenters. The number of aromatic nitrogens is 6. The monoisotopic (exact) mass is 515 g/mol. The average molecular weight is 516 g/mol. The van der Waals surface area contributed by atoms with Crippen LogP contribution in [0.1, 0.15) is 23.9 Å². The third-order valence-corrected chi connectivity index (χ3v) is 5.86. The number of rotatable bonds is 4. The Bertz CT molecular complexity index is 1480. The molecule has 11 nitrogen and oxygen atoms in total. The molecule has 2 bridgehead atoms. The fraction of sp³-hybridized carbons (Fsp3) is 0.120. The Labute approximate surface area is 216 Å². The highest BCUT2D eigenvalue weighted by Gasteiger charge is 2.18. The van der Waals surface area contributed by atoms with Crippen molar-refractivity contribution in [1.29, 1.82) is 0 Å². The van der Waals surface area contributed by atoms with Crippen LogP contribution in [0.4, 0.5) is 10.5 Å². The second-order valence-corrected chi connectivity index (χ2v) is 8.56. The molecule has 0 fully saturated rings. The Kier molecular flexibility index (Phi) is 7.04. The minimum Gasteiger partial charge on any atom is -0.342 e. The summed E-state index contributed by atoms with van der Waals surface area (Å²) in [4.78, 5) is 33.0. The van der Waals surface area contributed by atoms with Crippen molar-refractivity contribution in [2.24, 2.45) is 0 Å². The number of fused-ring (bicyclic) bond motifs is 4. The van der Waals surface area contributed by atoms with E-state index in [2.05, 4.69) is 41.4 Å². The Morgan fingerprint density at radius 2 is 2.08 bits per heavy atom. The molecule has 2 aromatic carbocycles. The standard InChI is InChI=1S/C25H22ClN9O2/c26-17-9-10-22(35-15-29-33-34-35)16(13-17)8-11-23(36)30-20-7-3-4-12-27-25(37)32-19-6-2-1-5-18(19)21-14-28-24(20)31-21/h1-6,8-11,13-15,20H,7,12H2,(H,28,31)(H,30,36)(H2,27,32,37)/b4-3+,11-8+/t20-/m0/s1. The second kappa shape index (κ2) is 10.9. The summed E-state index contributed by atoms with van der Waals surface area (Å²) in [5, 5.41) is 20.4. The van der Waals surface area contributed by atoms with E-state index < -0.39 is 6.04 Å². The molecule has 4 N–H and O–H groups in total. The van der Waals surface area contributed by atoms with Crippen LogP contribution < -0.4 is 16.0 Å². The van der Waals surface area contributed by atoms with Crippen molar-refractivity contribution in [2.45, 2.75) is 12.5 Å². The zero-order valence-corrected chi connectivity index (χ0v) is 20.2. The number of imidazole rings is 1. The van der Waals surface area contributed by atoms with E-state index in [1.807, 2.05) is 36.4 Å². The quantitative estimate of drug-likeness (QED) is 0.241. The molecule has 1 atom stereocenters. The van der Waals surface area contributed by atoms with E-state index in [0.717, 1.165) is 5.56 Å². The molecular weight excluding hydrogens is 494 g/mol. The van der Waals surface area contributed by atoms with Gasteiger partial charge in [-0.3, -0.25) is 4.79 Å². The van der Waals surface area contributed by atoms with Crippen molar-refractivity contribution < 1.29 is 9.59 Å². The van der Waals surface area contributed by atoms with Gasteiger partial charge in [-0.15, -0.1) is 5.10 Å². The minimum atomic E-state index is -0.433. The van der Waals surface area contributed by atoms with Gasteiger partial charge in [0, 0.05) is 28.8 Å². The number of nitrogens with zero attached hydrogens (tertiary/aromatic N) is 5. The number of halogens is 1. The molecule has 3 amide bonds. The van der Waals surface area contributed by atoms with Gasteiger partial charge >= 0.3 is 6.03 Å². The van der Waals surface area contributed by atoms with E-state index in [-0.39, 0.29) is 11.9 Å². The van der Waals surface area contributed by atoms with E-state index in [1.54, 1.807) is 30.5 Å². The van der Waals surface area contributed by atoms with Crippen LogP contribution in [0, 0.1) is 0 Å². The summed E-state index contributed by atoms with van der Waals surface area (Å²) in [6.45, 7) is 0.339. The number of carbonyl (C=O) groups excluding carboxylic acids is 2. The van der Waals surface area contributed by atoms with Crippen LogP contribution in [0.15, 0.2) is 73.2 Å². The molecule has 37 heavy (non-hydrogen) atoms. The van der Waals surface area contributed by atoms with E-state index in [1.165, 1.54) is 17.1 Å². The van der Waals surface area contributed by atoms with Crippen LogP contribution in [-0.4, -0.2) is 48.7 Å². The van der Waals surface area contributed by atoms with Gasteiger partial charge in [-0.25, -0.2) is 9.78 Å². The van der Waals surface area contributed by atoms with Crippen molar-refractivity contribution in [3.8, 4) is 16.9 Å². The summed E-state index contributed by atoms with van der Waals surface area (Å²) >= 11 is 6.17. The number of hydrogen-bond donors (Lipinski definition) is 4. The first-order valence-corrected chi connectivity index (χ1v) is 11.8. The number of carbonyl (C=O) groups is 2. The van der Waals surface area contributed by atoms with Gasteiger partial charge in [-0.05, 0) is 47.2 Å². The first kappa shape index (κ1) is 23.9. The predicted octanol–water partition coefficient (Wildman–Crippen LogP) is 3.66. The lowest BCUT2D eigenvalue weighted by molar-refractivity contribution is -0.117. The molecule has 5 rings (SSSR count). The number of para-hydroxylation sites is 1. The van der Waals surface area contributed by atoms with Gasteiger partial charge in [-0.2, -0.15) is 4.68 Å². The number of tetrazole rings is 1. The first-order chi connectivity index (χ1) is 18.1. The molecule has 4 aromatic rings. The maximum Gasteiger partial charge on any atom is 0.319 e. The highest BCUT2D eigenvalue weighted by Crippen LogP contribution is 2.28. The normalized spacial score (nSPS) is 16.5. The SMILES string of the molecule is O=C(/C=C/c1cc(Cl)ccc1-n1cnnn1)N[C@H]1C/C=C/CNC(=O)Nc2ccccc2-c2cnc1[nH]2. The minimum absolute atomic E-state index is 0.312. The summed E-state index contributed by atoms with van der Waals surface area (Å²) in [6.07, 6.45) is 10.4. The molecule has 186 valence electrons. The van der Waals surface area contributed by atoms with E-state index >= 15 is 0 Å². The van der Waals surface area contributed by atoms with Crippen molar-refractivity contribution >= 4 is 35.3 Å². The van der Waals surface area contributed by atoms with Gasteiger partial charge in [-0.1, -0.05) is 42.0 Å². The number of anilines is 1. The summed E-state index contributed by atoms with van der Waals surface area (Å²) < 4.78 is 1.49. The maximum atomic E-state index is 12.9. The molecule has 12 heteroatoms. The van der Waals surface area contributed by atoms with Crippen LogP contribution in [0.5, 0.6) is 0 Å². The van der Waals surface area contributed by atoms with Gasteiger partial charge in [0.1, 0.15) is 12.2 Å². The molecule has 0 radical (unpaired) electrons. The number of H-pyrrole nitrogens is 1. The van der Waals surface area contributed by atoms with Crippen molar-refractivity contribution in [3.05, 3.63) is 89.6 Å². The summed E-state index contributed by atoms with van der Waals surface area (Å²) in [6, 6.07) is 11.9. The van der Waals surface area contributed by atoms with E-state index in [4.69, 9.17) is 11.6 Å². The third kappa shape index (κ3) is 5.73.